The third-order valence-electron chi connectivity index (χ3n) is 4.29. The molecule has 8 heteroatoms. The van der Waals surface area contributed by atoms with Gasteiger partial charge >= 0.3 is 6.03 Å². The Bertz CT molecular complexity index is 916. The van der Waals surface area contributed by atoms with Gasteiger partial charge in [0.25, 0.3) is 11.8 Å². The van der Waals surface area contributed by atoms with Gasteiger partial charge in [0.15, 0.2) is 0 Å². The molecule has 28 heavy (non-hydrogen) atoms. The number of fused-ring (bicyclic) bond motifs is 1. The fraction of sp³-hybridized carbons (Fsp3) is 0.250. The van der Waals surface area contributed by atoms with E-state index in [0.717, 1.165) is 4.90 Å². The van der Waals surface area contributed by atoms with Crippen LogP contribution >= 0.6 is 11.8 Å². The molecule has 0 aliphatic carbocycles. The molecule has 146 valence electrons. The lowest BCUT2D eigenvalue weighted by Gasteiger charge is -2.12. The van der Waals surface area contributed by atoms with Crippen molar-refractivity contribution in [1.29, 1.82) is 0 Å². The number of carbonyl (C=O) groups is 3. The van der Waals surface area contributed by atoms with E-state index in [1.807, 2.05) is 24.5 Å². The Hall–Kier alpha value is -2.84. The maximum atomic E-state index is 12.5. The molecule has 0 atom stereocenters. The number of nitrogens with zero attached hydrogens (tertiary/aromatic N) is 1. The number of thioether (sulfide) groups is 1. The highest BCUT2D eigenvalue weighted by Gasteiger charge is 2.35. The first-order valence-electron chi connectivity index (χ1n) is 8.74. The zero-order chi connectivity index (χ0) is 20.1. The van der Waals surface area contributed by atoms with Crippen molar-refractivity contribution in [3.05, 3.63) is 53.6 Å². The van der Waals surface area contributed by atoms with Crippen molar-refractivity contribution in [3.63, 3.8) is 0 Å². The van der Waals surface area contributed by atoms with E-state index in [4.69, 9.17) is 4.74 Å². The van der Waals surface area contributed by atoms with E-state index in [1.165, 1.54) is 11.0 Å². The fourth-order valence-corrected chi connectivity index (χ4v) is 3.39. The summed E-state index contributed by atoms with van der Waals surface area (Å²) < 4.78 is 4.97. The van der Waals surface area contributed by atoms with Crippen LogP contribution in [0.3, 0.4) is 0 Å². The minimum Gasteiger partial charge on any atom is -0.385 e. The molecule has 0 saturated heterocycles. The number of rotatable bonds is 7. The van der Waals surface area contributed by atoms with Crippen LogP contribution in [0, 0.1) is 0 Å². The Morgan fingerprint density at radius 2 is 1.75 bits per heavy atom. The summed E-state index contributed by atoms with van der Waals surface area (Å²) in [4.78, 5) is 39.4. The van der Waals surface area contributed by atoms with E-state index < -0.39 is 6.03 Å². The van der Waals surface area contributed by atoms with E-state index in [2.05, 4.69) is 10.6 Å². The largest absolute Gasteiger partial charge is 0.385 e. The number of hydrogen-bond donors (Lipinski definition) is 2. The van der Waals surface area contributed by atoms with Crippen LogP contribution in [0.15, 0.2) is 47.4 Å². The van der Waals surface area contributed by atoms with Crippen molar-refractivity contribution in [2.24, 2.45) is 0 Å². The molecule has 7 nitrogen and oxygen atoms in total. The Labute approximate surface area is 167 Å². The molecule has 0 spiro atoms. The number of anilines is 2. The van der Waals surface area contributed by atoms with Crippen LogP contribution in [0.1, 0.15) is 27.1 Å². The molecular formula is C20H21N3O4S. The number of hydrogen-bond acceptors (Lipinski definition) is 5. The minimum absolute atomic E-state index is 0.296. The summed E-state index contributed by atoms with van der Waals surface area (Å²) in [5.74, 6) is -0.672. The van der Waals surface area contributed by atoms with E-state index >= 15 is 0 Å². The second-order valence-electron chi connectivity index (χ2n) is 6.18. The Kier molecular flexibility index (Phi) is 6.33. The molecule has 0 fully saturated rings. The highest BCUT2D eigenvalue weighted by molar-refractivity contribution is 7.98. The van der Waals surface area contributed by atoms with Crippen molar-refractivity contribution in [2.45, 2.75) is 11.3 Å². The Morgan fingerprint density at radius 3 is 2.46 bits per heavy atom. The number of amides is 4. The molecule has 0 unspecified atom stereocenters. The van der Waals surface area contributed by atoms with Crippen LogP contribution in [0.25, 0.3) is 0 Å². The molecular weight excluding hydrogens is 378 g/mol. The molecule has 1 aliphatic rings. The molecule has 3 rings (SSSR count). The predicted octanol–water partition coefficient (Wildman–Crippen LogP) is 3.69. The zero-order valence-electron chi connectivity index (χ0n) is 15.7. The van der Waals surface area contributed by atoms with Crippen LogP contribution in [0.2, 0.25) is 0 Å². The quantitative estimate of drug-likeness (QED) is 0.421. The molecule has 2 aromatic carbocycles. The van der Waals surface area contributed by atoms with Crippen molar-refractivity contribution in [3.8, 4) is 0 Å². The number of urea groups is 1. The highest BCUT2D eigenvalue weighted by atomic mass is 32.2. The van der Waals surface area contributed by atoms with Crippen LogP contribution in [0.5, 0.6) is 0 Å². The minimum atomic E-state index is -0.424. The molecule has 1 heterocycles. The maximum absolute atomic E-state index is 12.5. The predicted molar refractivity (Wildman–Crippen MR) is 109 cm³/mol. The highest BCUT2D eigenvalue weighted by Crippen LogP contribution is 2.26. The molecule has 4 amide bonds. The van der Waals surface area contributed by atoms with Gasteiger partial charge in [-0.25, -0.2) is 4.79 Å². The first-order chi connectivity index (χ1) is 13.5. The first kappa shape index (κ1) is 19.9. The number of ether oxygens (including phenoxy) is 1. The van der Waals surface area contributed by atoms with E-state index in [1.54, 1.807) is 37.1 Å². The second kappa shape index (κ2) is 8.90. The number of carbonyl (C=O) groups excluding carboxylic acids is 3. The SMILES string of the molecule is COCCCN1C(=O)c2ccc(NC(=O)Nc3cccc(SC)c3)cc2C1=O. The number of benzene rings is 2. The van der Waals surface area contributed by atoms with Crippen LogP contribution in [-0.4, -0.2) is 49.3 Å². The van der Waals surface area contributed by atoms with Gasteiger partial charge in [0, 0.05) is 36.5 Å². The van der Waals surface area contributed by atoms with Crippen LogP contribution < -0.4 is 10.6 Å². The van der Waals surface area contributed by atoms with Gasteiger partial charge in [0.2, 0.25) is 0 Å². The lowest BCUT2D eigenvalue weighted by Crippen LogP contribution is -2.31. The average Bonchev–Trinajstić information content (AvgIpc) is 2.92. The third kappa shape index (κ3) is 4.35. The summed E-state index contributed by atoms with van der Waals surface area (Å²) in [7, 11) is 1.57. The summed E-state index contributed by atoms with van der Waals surface area (Å²) in [5, 5.41) is 5.46. The van der Waals surface area contributed by atoms with Crippen molar-refractivity contribution >= 4 is 41.0 Å². The maximum Gasteiger partial charge on any atom is 0.323 e. The molecule has 1 aliphatic heterocycles. The average molecular weight is 399 g/mol. The number of methoxy groups -OCH3 is 1. The smallest absolute Gasteiger partial charge is 0.323 e. The molecule has 0 aromatic heterocycles. The Balaban J connectivity index is 1.68. The topological polar surface area (TPSA) is 87.7 Å². The molecule has 0 radical (unpaired) electrons. The second-order valence-corrected chi connectivity index (χ2v) is 7.06. The number of nitrogens with one attached hydrogen (secondary N) is 2. The van der Waals surface area contributed by atoms with Gasteiger partial charge in [0.05, 0.1) is 11.1 Å². The lowest BCUT2D eigenvalue weighted by molar-refractivity contribution is 0.0638. The lowest BCUT2D eigenvalue weighted by atomic mass is 10.1. The van der Waals surface area contributed by atoms with E-state index in [0.29, 0.717) is 42.1 Å². The summed E-state index contributed by atoms with van der Waals surface area (Å²) in [6, 6.07) is 11.8. The molecule has 0 bridgehead atoms. The van der Waals surface area contributed by atoms with Gasteiger partial charge in [0.1, 0.15) is 0 Å². The summed E-state index contributed by atoms with van der Waals surface area (Å²) >= 11 is 1.58. The van der Waals surface area contributed by atoms with Gasteiger partial charge in [-0.05, 0) is 49.1 Å². The van der Waals surface area contributed by atoms with Gasteiger partial charge in [-0.15, -0.1) is 11.8 Å². The standard InChI is InChI=1S/C20H21N3O4S/c1-27-10-4-9-23-18(24)16-8-7-14(12-17(16)19(23)25)22-20(26)21-13-5-3-6-15(11-13)28-2/h3,5-8,11-12H,4,9-10H2,1-2H3,(H2,21,22,26). The normalized spacial score (nSPS) is 12.9. The molecule has 0 saturated carbocycles. The monoisotopic (exact) mass is 399 g/mol. The van der Waals surface area contributed by atoms with Crippen LogP contribution in [-0.2, 0) is 4.74 Å². The van der Waals surface area contributed by atoms with Crippen molar-refractivity contribution in [1.82, 2.24) is 4.90 Å². The summed E-state index contributed by atoms with van der Waals surface area (Å²) in [6.07, 6.45) is 2.53. The number of imide groups is 1. The van der Waals surface area contributed by atoms with Crippen molar-refractivity contribution in [2.75, 3.05) is 37.2 Å². The van der Waals surface area contributed by atoms with Gasteiger partial charge in [-0.1, -0.05) is 6.07 Å². The molecule has 2 aromatic rings. The van der Waals surface area contributed by atoms with Gasteiger partial charge < -0.3 is 15.4 Å². The first-order valence-corrected chi connectivity index (χ1v) is 9.97. The van der Waals surface area contributed by atoms with Crippen LogP contribution in [0.4, 0.5) is 16.2 Å². The van der Waals surface area contributed by atoms with E-state index in [-0.39, 0.29) is 11.8 Å². The Morgan fingerprint density at radius 1 is 1.04 bits per heavy atom. The van der Waals surface area contributed by atoms with E-state index in [9.17, 15) is 14.4 Å². The molecule has 2 N–H and O–H groups in total. The zero-order valence-corrected chi connectivity index (χ0v) is 16.5. The van der Waals surface area contributed by atoms with Crippen molar-refractivity contribution < 1.29 is 19.1 Å². The van der Waals surface area contributed by atoms with Gasteiger partial charge in [-0.2, -0.15) is 0 Å². The van der Waals surface area contributed by atoms with Gasteiger partial charge in [-0.3, -0.25) is 14.5 Å². The summed E-state index contributed by atoms with van der Waals surface area (Å²) in [5.41, 5.74) is 1.75. The fourth-order valence-electron chi connectivity index (χ4n) is 2.93. The summed E-state index contributed by atoms with van der Waals surface area (Å²) in [6.45, 7) is 0.771. The third-order valence-corrected chi connectivity index (χ3v) is 5.01.